The van der Waals surface area contributed by atoms with Crippen molar-refractivity contribution >= 4 is 29.9 Å². The van der Waals surface area contributed by atoms with Crippen molar-refractivity contribution < 1.29 is 9.90 Å². The van der Waals surface area contributed by atoms with Crippen LogP contribution in [0.3, 0.4) is 0 Å². The summed E-state index contributed by atoms with van der Waals surface area (Å²) in [6.07, 6.45) is 4.59. The van der Waals surface area contributed by atoms with Crippen LogP contribution in [0.25, 0.3) is 0 Å². The number of amides is 1. The Morgan fingerprint density at radius 1 is 1.44 bits per heavy atom. The largest absolute Gasteiger partial charge is 0.396 e. The van der Waals surface area contributed by atoms with E-state index in [1.807, 2.05) is 5.38 Å². The van der Waals surface area contributed by atoms with Gasteiger partial charge in [0, 0.05) is 23.4 Å². The first kappa shape index (κ1) is 13.9. The molecule has 1 aliphatic rings. The van der Waals surface area contributed by atoms with Crippen molar-refractivity contribution in [3.8, 4) is 0 Å². The number of carbonyl (C=O) groups is 1. The van der Waals surface area contributed by atoms with Gasteiger partial charge in [0.15, 0.2) is 0 Å². The van der Waals surface area contributed by atoms with Gasteiger partial charge in [0.05, 0.1) is 4.88 Å². The molecule has 0 saturated heterocycles. The lowest BCUT2D eigenvalue weighted by atomic mass is 9.79. The van der Waals surface area contributed by atoms with Crippen LogP contribution in [0.5, 0.6) is 0 Å². The maximum Gasteiger partial charge on any atom is 0.261 e. The van der Waals surface area contributed by atoms with Crippen LogP contribution < -0.4 is 5.32 Å². The third kappa shape index (κ3) is 3.49. The highest BCUT2D eigenvalue weighted by Gasteiger charge is 2.24. The SMILES string of the molecule is O=C(NCC1CCCCC1CO)c1cc(S)cs1. The fourth-order valence-electron chi connectivity index (χ4n) is 2.55. The molecule has 0 aromatic carbocycles. The second-order valence-corrected chi connectivity index (χ2v) is 6.29. The fourth-order valence-corrected chi connectivity index (χ4v) is 3.61. The number of rotatable bonds is 4. The van der Waals surface area contributed by atoms with Gasteiger partial charge in [-0.25, -0.2) is 0 Å². The Labute approximate surface area is 117 Å². The van der Waals surface area contributed by atoms with Crippen LogP contribution in [0.1, 0.15) is 35.4 Å². The summed E-state index contributed by atoms with van der Waals surface area (Å²) in [5.74, 6) is 0.744. The second kappa shape index (κ2) is 6.59. The Hall–Kier alpha value is -0.520. The average molecular weight is 285 g/mol. The molecule has 1 saturated carbocycles. The lowest BCUT2D eigenvalue weighted by molar-refractivity contribution is 0.0913. The summed E-state index contributed by atoms with van der Waals surface area (Å²) < 4.78 is 0. The summed E-state index contributed by atoms with van der Waals surface area (Å²) >= 11 is 5.61. The van der Waals surface area contributed by atoms with Gasteiger partial charge in [-0.05, 0) is 30.7 Å². The predicted molar refractivity (Wildman–Crippen MR) is 76.4 cm³/mol. The lowest BCUT2D eigenvalue weighted by Crippen LogP contribution is -2.35. The highest BCUT2D eigenvalue weighted by Crippen LogP contribution is 2.29. The van der Waals surface area contributed by atoms with Crippen molar-refractivity contribution in [1.82, 2.24) is 5.32 Å². The molecule has 5 heteroatoms. The van der Waals surface area contributed by atoms with Crippen LogP contribution in [0.2, 0.25) is 0 Å². The molecule has 1 amide bonds. The number of aliphatic hydroxyl groups excluding tert-OH is 1. The van der Waals surface area contributed by atoms with E-state index in [1.165, 1.54) is 24.2 Å². The van der Waals surface area contributed by atoms with Gasteiger partial charge in [-0.1, -0.05) is 12.8 Å². The molecule has 0 aliphatic heterocycles. The van der Waals surface area contributed by atoms with Crippen molar-refractivity contribution in [2.45, 2.75) is 30.6 Å². The Balaban J connectivity index is 1.85. The number of hydrogen-bond donors (Lipinski definition) is 3. The highest BCUT2D eigenvalue weighted by atomic mass is 32.1. The first-order valence-electron chi connectivity index (χ1n) is 6.37. The van der Waals surface area contributed by atoms with Crippen LogP contribution >= 0.6 is 24.0 Å². The first-order chi connectivity index (χ1) is 8.70. The molecule has 2 unspecified atom stereocenters. The molecular weight excluding hydrogens is 266 g/mol. The Kier molecular flexibility index (Phi) is 5.09. The van der Waals surface area contributed by atoms with Crippen LogP contribution in [-0.2, 0) is 0 Å². The average Bonchev–Trinajstić information content (AvgIpc) is 2.83. The van der Waals surface area contributed by atoms with Gasteiger partial charge in [-0.15, -0.1) is 24.0 Å². The molecule has 0 bridgehead atoms. The first-order valence-corrected chi connectivity index (χ1v) is 7.70. The zero-order valence-corrected chi connectivity index (χ0v) is 12.0. The summed E-state index contributed by atoms with van der Waals surface area (Å²) in [6, 6.07) is 1.79. The summed E-state index contributed by atoms with van der Waals surface area (Å²) in [4.78, 5) is 13.4. The van der Waals surface area contributed by atoms with E-state index in [0.29, 0.717) is 23.3 Å². The molecule has 2 rings (SSSR count). The normalized spacial score (nSPS) is 23.9. The van der Waals surface area contributed by atoms with Gasteiger partial charge in [-0.2, -0.15) is 0 Å². The molecule has 1 aromatic rings. The molecule has 1 aliphatic carbocycles. The second-order valence-electron chi connectivity index (χ2n) is 4.87. The number of nitrogens with one attached hydrogen (secondary N) is 1. The maximum atomic E-state index is 11.9. The molecule has 2 N–H and O–H groups in total. The number of aliphatic hydroxyl groups is 1. The number of thiophene rings is 1. The lowest BCUT2D eigenvalue weighted by Gasteiger charge is -2.30. The van der Waals surface area contributed by atoms with E-state index in [1.54, 1.807) is 6.07 Å². The minimum absolute atomic E-state index is 0.0254. The van der Waals surface area contributed by atoms with Crippen molar-refractivity contribution in [2.75, 3.05) is 13.2 Å². The fraction of sp³-hybridized carbons (Fsp3) is 0.615. The molecule has 1 aromatic heterocycles. The number of hydrogen-bond acceptors (Lipinski definition) is 4. The van der Waals surface area contributed by atoms with Gasteiger partial charge in [0.25, 0.3) is 5.91 Å². The van der Waals surface area contributed by atoms with Gasteiger partial charge >= 0.3 is 0 Å². The van der Waals surface area contributed by atoms with Crippen LogP contribution in [0, 0.1) is 11.8 Å². The van der Waals surface area contributed by atoms with Crippen molar-refractivity contribution in [3.63, 3.8) is 0 Å². The zero-order valence-electron chi connectivity index (χ0n) is 10.3. The summed E-state index contributed by atoms with van der Waals surface area (Å²) in [7, 11) is 0. The molecule has 18 heavy (non-hydrogen) atoms. The molecule has 3 nitrogen and oxygen atoms in total. The Bertz CT molecular complexity index is 405. The quantitative estimate of drug-likeness (QED) is 0.745. The summed E-state index contributed by atoms with van der Waals surface area (Å²) in [5, 5.41) is 14.2. The van der Waals surface area contributed by atoms with Gasteiger partial charge in [0.1, 0.15) is 0 Å². The number of carbonyl (C=O) groups excluding carboxylic acids is 1. The molecule has 2 atom stereocenters. The van der Waals surface area contributed by atoms with Crippen molar-refractivity contribution in [3.05, 3.63) is 16.3 Å². The summed E-state index contributed by atoms with van der Waals surface area (Å²) in [6.45, 7) is 0.907. The summed E-state index contributed by atoms with van der Waals surface area (Å²) in [5.41, 5.74) is 0. The zero-order chi connectivity index (χ0) is 13.0. The molecule has 1 heterocycles. The Morgan fingerprint density at radius 3 is 2.78 bits per heavy atom. The van der Waals surface area contributed by atoms with E-state index in [-0.39, 0.29) is 12.5 Å². The smallest absolute Gasteiger partial charge is 0.261 e. The minimum Gasteiger partial charge on any atom is -0.396 e. The minimum atomic E-state index is -0.0254. The maximum absolute atomic E-state index is 11.9. The third-order valence-corrected chi connectivity index (χ3v) is 5.00. The predicted octanol–water partition coefficient (Wildman–Crippen LogP) is 2.57. The van der Waals surface area contributed by atoms with Gasteiger partial charge in [-0.3, -0.25) is 4.79 Å². The highest BCUT2D eigenvalue weighted by molar-refractivity contribution is 7.80. The van der Waals surface area contributed by atoms with Crippen LogP contribution in [0.15, 0.2) is 16.3 Å². The van der Waals surface area contributed by atoms with Gasteiger partial charge < -0.3 is 10.4 Å². The van der Waals surface area contributed by atoms with E-state index in [9.17, 15) is 9.90 Å². The van der Waals surface area contributed by atoms with Gasteiger partial charge in [0.2, 0.25) is 0 Å². The molecule has 0 radical (unpaired) electrons. The van der Waals surface area contributed by atoms with E-state index in [4.69, 9.17) is 0 Å². The van der Waals surface area contributed by atoms with Crippen LogP contribution in [0.4, 0.5) is 0 Å². The monoisotopic (exact) mass is 285 g/mol. The van der Waals surface area contributed by atoms with E-state index in [0.717, 1.165) is 17.7 Å². The standard InChI is InChI=1S/C13H19NO2S2/c15-7-10-4-2-1-3-9(10)6-14-13(16)12-5-11(17)8-18-12/h5,8-10,15,17H,1-4,6-7H2,(H,14,16). The van der Waals surface area contributed by atoms with Crippen LogP contribution in [-0.4, -0.2) is 24.2 Å². The van der Waals surface area contributed by atoms with E-state index < -0.39 is 0 Å². The molecular formula is C13H19NO2S2. The molecule has 100 valence electrons. The Morgan fingerprint density at radius 2 is 2.17 bits per heavy atom. The van der Waals surface area contributed by atoms with Crippen molar-refractivity contribution in [1.29, 1.82) is 0 Å². The molecule has 0 spiro atoms. The molecule has 1 fully saturated rings. The van der Waals surface area contributed by atoms with E-state index >= 15 is 0 Å². The van der Waals surface area contributed by atoms with Crippen molar-refractivity contribution in [2.24, 2.45) is 11.8 Å². The third-order valence-electron chi connectivity index (χ3n) is 3.64. The number of thiol groups is 1. The topological polar surface area (TPSA) is 49.3 Å². The van der Waals surface area contributed by atoms with E-state index in [2.05, 4.69) is 17.9 Å².